The molecule has 1 aliphatic heterocycles. The summed E-state index contributed by atoms with van der Waals surface area (Å²) in [5.74, 6) is 0.716. The second-order valence-corrected chi connectivity index (χ2v) is 6.55. The van der Waals surface area contributed by atoms with Gasteiger partial charge in [0.15, 0.2) is 0 Å². The number of nitrogen functional groups attached to an aromatic ring is 1. The molecule has 4 rings (SSSR count). The van der Waals surface area contributed by atoms with Gasteiger partial charge in [0.2, 0.25) is 0 Å². The molecule has 1 saturated heterocycles. The average molecular weight is 362 g/mol. The number of halogens is 1. The van der Waals surface area contributed by atoms with Crippen LogP contribution in [0.2, 0.25) is 0 Å². The maximum Gasteiger partial charge on any atom is 0.145 e. The van der Waals surface area contributed by atoms with E-state index in [4.69, 9.17) is 5.73 Å². The summed E-state index contributed by atoms with van der Waals surface area (Å²) in [5, 5.41) is 10.1. The molecule has 1 fully saturated rings. The van der Waals surface area contributed by atoms with Gasteiger partial charge in [-0.25, -0.2) is 14.4 Å². The molecule has 2 N–H and O–H groups in total. The van der Waals surface area contributed by atoms with Gasteiger partial charge in [0.1, 0.15) is 29.1 Å². The number of anilines is 2. The van der Waals surface area contributed by atoms with E-state index < -0.39 is 5.82 Å². The highest BCUT2D eigenvalue weighted by Gasteiger charge is 2.21. The third-order valence-electron chi connectivity index (χ3n) is 4.86. The van der Waals surface area contributed by atoms with E-state index in [1.165, 1.54) is 6.07 Å². The maximum atomic E-state index is 13.8. The number of benzene rings is 2. The smallest absolute Gasteiger partial charge is 0.145 e. The largest absolute Gasteiger partial charge is 0.383 e. The van der Waals surface area contributed by atoms with Crippen molar-refractivity contribution in [2.75, 3.05) is 36.8 Å². The Labute approximate surface area is 156 Å². The number of nitrogens with two attached hydrogens (primary N) is 1. The number of hydrogen-bond acceptors (Lipinski definition) is 6. The van der Waals surface area contributed by atoms with Crippen molar-refractivity contribution in [2.24, 2.45) is 0 Å². The molecule has 0 unspecified atom stereocenters. The number of rotatable bonds is 3. The Bertz CT molecular complexity index is 1020. The molecule has 6 nitrogen and oxygen atoms in total. The van der Waals surface area contributed by atoms with Gasteiger partial charge in [0, 0.05) is 31.6 Å². The van der Waals surface area contributed by atoms with E-state index in [1.54, 1.807) is 12.1 Å². The molecule has 2 heterocycles. The zero-order valence-corrected chi connectivity index (χ0v) is 14.8. The number of piperazine rings is 1. The van der Waals surface area contributed by atoms with Crippen LogP contribution in [0.25, 0.3) is 10.9 Å². The summed E-state index contributed by atoms with van der Waals surface area (Å²) in [6.45, 7) is 3.58. The number of fused-ring (bicyclic) bond motifs is 1. The third kappa shape index (κ3) is 3.39. The van der Waals surface area contributed by atoms with E-state index >= 15 is 0 Å². The van der Waals surface area contributed by atoms with Crippen molar-refractivity contribution in [3.8, 4) is 6.07 Å². The van der Waals surface area contributed by atoms with Gasteiger partial charge in [-0.1, -0.05) is 18.2 Å². The molecular formula is C20H19FN6. The lowest BCUT2D eigenvalue weighted by Crippen LogP contribution is -2.46. The van der Waals surface area contributed by atoms with Crippen molar-refractivity contribution >= 4 is 22.4 Å². The van der Waals surface area contributed by atoms with Crippen molar-refractivity contribution in [1.82, 2.24) is 14.9 Å². The molecule has 27 heavy (non-hydrogen) atoms. The molecule has 0 amide bonds. The third-order valence-corrected chi connectivity index (χ3v) is 4.86. The Morgan fingerprint density at radius 2 is 1.81 bits per heavy atom. The lowest BCUT2D eigenvalue weighted by molar-refractivity contribution is 0.244. The SMILES string of the molecule is N#Cc1c(F)cccc1N1CCN(Cc2nc(N)c3ccccc3n2)CC1. The molecule has 2 aromatic carbocycles. The van der Waals surface area contributed by atoms with E-state index in [2.05, 4.69) is 14.9 Å². The summed E-state index contributed by atoms with van der Waals surface area (Å²) in [6, 6.07) is 14.4. The van der Waals surface area contributed by atoms with E-state index in [9.17, 15) is 9.65 Å². The van der Waals surface area contributed by atoms with Gasteiger partial charge < -0.3 is 10.6 Å². The van der Waals surface area contributed by atoms with Crippen molar-refractivity contribution in [2.45, 2.75) is 6.54 Å². The molecule has 0 radical (unpaired) electrons. The number of para-hydroxylation sites is 1. The lowest BCUT2D eigenvalue weighted by Gasteiger charge is -2.36. The van der Waals surface area contributed by atoms with Crippen LogP contribution in [-0.2, 0) is 6.54 Å². The Morgan fingerprint density at radius 1 is 1.04 bits per heavy atom. The van der Waals surface area contributed by atoms with Crippen molar-refractivity contribution in [3.63, 3.8) is 0 Å². The topological polar surface area (TPSA) is 82.1 Å². The molecule has 136 valence electrons. The summed E-state index contributed by atoms with van der Waals surface area (Å²) in [5.41, 5.74) is 7.67. The molecule has 1 aromatic heterocycles. The molecule has 0 bridgehead atoms. The second-order valence-electron chi connectivity index (χ2n) is 6.55. The minimum absolute atomic E-state index is 0.108. The molecule has 7 heteroatoms. The minimum Gasteiger partial charge on any atom is -0.383 e. The van der Waals surface area contributed by atoms with Gasteiger partial charge in [-0.3, -0.25) is 4.90 Å². The van der Waals surface area contributed by atoms with Crippen molar-refractivity contribution < 1.29 is 4.39 Å². The van der Waals surface area contributed by atoms with Crippen LogP contribution in [0.15, 0.2) is 42.5 Å². The van der Waals surface area contributed by atoms with Crippen LogP contribution in [0.5, 0.6) is 0 Å². The first-order chi connectivity index (χ1) is 13.2. The molecular weight excluding hydrogens is 343 g/mol. The summed E-state index contributed by atoms with van der Waals surface area (Å²) >= 11 is 0. The van der Waals surface area contributed by atoms with Crippen LogP contribution in [-0.4, -0.2) is 41.0 Å². The first-order valence-electron chi connectivity index (χ1n) is 8.83. The highest BCUT2D eigenvalue weighted by molar-refractivity contribution is 5.87. The van der Waals surface area contributed by atoms with Gasteiger partial charge in [-0.2, -0.15) is 5.26 Å². The normalized spacial score (nSPS) is 15.0. The van der Waals surface area contributed by atoms with E-state index in [-0.39, 0.29) is 5.56 Å². The lowest BCUT2D eigenvalue weighted by atomic mass is 10.1. The van der Waals surface area contributed by atoms with Gasteiger partial charge in [-0.15, -0.1) is 0 Å². The fourth-order valence-electron chi connectivity index (χ4n) is 3.46. The fourth-order valence-corrected chi connectivity index (χ4v) is 3.46. The van der Waals surface area contributed by atoms with Crippen LogP contribution in [0.1, 0.15) is 11.4 Å². The number of hydrogen-bond donors (Lipinski definition) is 1. The van der Waals surface area contributed by atoms with E-state index in [0.717, 1.165) is 24.0 Å². The summed E-state index contributed by atoms with van der Waals surface area (Å²) in [6.07, 6.45) is 0. The molecule has 0 spiro atoms. The van der Waals surface area contributed by atoms with E-state index in [0.29, 0.717) is 37.0 Å². The predicted octanol–water partition coefficient (Wildman–Crippen LogP) is 2.54. The zero-order valence-electron chi connectivity index (χ0n) is 14.8. The zero-order chi connectivity index (χ0) is 18.8. The van der Waals surface area contributed by atoms with Crippen LogP contribution >= 0.6 is 0 Å². The number of nitrogens with zero attached hydrogens (tertiary/aromatic N) is 5. The Balaban J connectivity index is 1.46. The highest BCUT2D eigenvalue weighted by atomic mass is 19.1. The highest BCUT2D eigenvalue weighted by Crippen LogP contribution is 2.24. The first-order valence-corrected chi connectivity index (χ1v) is 8.83. The fraction of sp³-hybridized carbons (Fsp3) is 0.250. The second kappa shape index (κ2) is 7.17. The standard InChI is InChI=1S/C20H19FN6/c21-16-5-3-7-18(15(16)12-22)27-10-8-26(9-11-27)13-19-24-17-6-2-1-4-14(17)20(23)25-19/h1-7H,8-11,13H2,(H2,23,24,25). The van der Waals surface area contributed by atoms with Crippen LogP contribution in [0.3, 0.4) is 0 Å². The quantitative estimate of drug-likeness (QED) is 0.771. The first kappa shape index (κ1) is 17.2. The molecule has 0 atom stereocenters. The van der Waals surface area contributed by atoms with Crippen LogP contribution in [0.4, 0.5) is 15.9 Å². The minimum atomic E-state index is -0.475. The van der Waals surface area contributed by atoms with Crippen molar-refractivity contribution in [3.05, 3.63) is 59.7 Å². The molecule has 1 aliphatic rings. The Kier molecular flexibility index (Phi) is 4.57. The summed E-state index contributed by atoms with van der Waals surface area (Å²) in [4.78, 5) is 13.3. The Hall–Kier alpha value is -3.24. The Morgan fingerprint density at radius 3 is 2.59 bits per heavy atom. The molecule has 0 saturated carbocycles. The van der Waals surface area contributed by atoms with Gasteiger partial charge >= 0.3 is 0 Å². The summed E-state index contributed by atoms with van der Waals surface area (Å²) in [7, 11) is 0. The maximum absolute atomic E-state index is 13.8. The molecule has 0 aliphatic carbocycles. The number of nitriles is 1. The average Bonchev–Trinajstić information content (AvgIpc) is 2.68. The monoisotopic (exact) mass is 362 g/mol. The predicted molar refractivity (Wildman–Crippen MR) is 103 cm³/mol. The van der Waals surface area contributed by atoms with E-state index in [1.807, 2.05) is 35.2 Å². The van der Waals surface area contributed by atoms with Crippen LogP contribution in [0, 0.1) is 17.1 Å². The van der Waals surface area contributed by atoms with Gasteiger partial charge in [0.05, 0.1) is 17.7 Å². The summed E-state index contributed by atoms with van der Waals surface area (Å²) < 4.78 is 13.8. The van der Waals surface area contributed by atoms with Crippen LogP contribution < -0.4 is 10.6 Å². The van der Waals surface area contributed by atoms with Gasteiger partial charge in [0.25, 0.3) is 0 Å². The van der Waals surface area contributed by atoms with Crippen molar-refractivity contribution in [1.29, 1.82) is 5.26 Å². The molecule has 3 aromatic rings. The number of aromatic nitrogens is 2. The van der Waals surface area contributed by atoms with Gasteiger partial charge in [-0.05, 0) is 24.3 Å².